The third kappa shape index (κ3) is 3.39. The molecule has 2 rings (SSSR count). The summed E-state index contributed by atoms with van der Waals surface area (Å²) in [5.41, 5.74) is 3.45. The van der Waals surface area contributed by atoms with Gasteiger partial charge in [0.1, 0.15) is 12.4 Å². The minimum absolute atomic E-state index is 0.255. The predicted molar refractivity (Wildman–Crippen MR) is 74.6 cm³/mol. The third-order valence-electron chi connectivity index (χ3n) is 3.36. The van der Waals surface area contributed by atoms with Gasteiger partial charge in [0.15, 0.2) is 0 Å². The van der Waals surface area contributed by atoms with Gasteiger partial charge in [-0.15, -0.1) is 11.6 Å². The van der Waals surface area contributed by atoms with Crippen LogP contribution in [0.15, 0.2) is 12.1 Å². The summed E-state index contributed by atoms with van der Waals surface area (Å²) in [6, 6.07) is 4.19. The van der Waals surface area contributed by atoms with Crippen molar-refractivity contribution in [2.24, 2.45) is 0 Å². The number of ether oxygens (including phenoxy) is 2. The van der Waals surface area contributed by atoms with Crippen molar-refractivity contribution in [3.63, 3.8) is 0 Å². The van der Waals surface area contributed by atoms with Gasteiger partial charge in [-0.1, -0.05) is 12.1 Å². The van der Waals surface area contributed by atoms with Crippen molar-refractivity contribution in [2.75, 3.05) is 13.2 Å². The number of alkyl halides is 1. The zero-order chi connectivity index (χ0) is 13.0. The molecule has 1 aliphatic heterocycles. The molecular formula is C15H21ClO2. The first-order valence-electron chi connectivity index (χ1n) is 6.61. The summed E-state index contributed by atoms with van der Waals surface area (Å²) in [7, 11) is 0. The van der Waals surface area contributed by atoms with Gasteiger partial charge in [0.25, 0.3) is 0 Å². The summed E-state index contributed by atoms with van der Waals surface area (Å²) in [5.74, 6) is 1.53. The van der Waals surface area contributed by atoms with Crippen LogP contribution in [0, 0.1) is 13.8 Å². The van der Waals surface area contributed by atoms with Gasteiger partial charge in [0, 0.05) is 12.5 Å². The molecule has 0 amide bonds. The van der Waals surface area contributed by atoms with E-state index in [9.17, 15) is 0 Å². The van der Waals surface area contributed by atoms with Crippen molar-refractivity contribution in [3.05, 3.63) is 28.8 Å². The molecule has 1 aliphatic rings. The van der Waals surface area contributed by atoms with Gasteiger partial charge in [-0.2, -0.15) is 0 Å². The Morgan fingerprint density at radius 2 is 2.00 bits per heavy atom. The first-order chi connectivity index (χ1) is 8.70. The van der Waals surface area contributed by atoms with E-state index in [4.69, 9.17) is 21.1 Å². The molecular weight excluding hydrogens is 248 g/mol. The van der Waals surface area contributed by atoms with E-state index in [0.29, 0.717) is 12.5 Å². The van der Waals surface area contributed by atoms with Crippen LogP contribution in [-0.4, -0.2) is 19.3 Å². The zero-order valence-electron chi connectivity index (χ0n) is 11.2. The van der Waals surface area contributed by atoms with Crippen LogP contribution in [-0.2, 0) is 10.6 Å². The molecule has 0 bridgehead atoms. The Balaban J connectivity index is 2.00. The summed E-state index contributed by atoms with van der Waals surface area (Å²) >= 11 is 5.86. The Bertz CT molecular complexity index is 374. The summed E-state index contributed by atoms with van der Waals surface area (Å²) < 4.78 is 11.6. The van der Waals surface area contributed by atoms with Crippen LogP contribution >= 0.6 is 11.6 Å². The fraction of sp³-hybridized carbons (Fsp3) is 0.600. The number of aryl methyl sites for hydroxylation is 2. The monoisotopic (exact) mass is 268 g/mol. The zero-order valence-corrected chi connectivity index (χ0v) is 11.9. The van der Waals surface area contributed by atoms with E-state index in [1.165, 1.54) is 12.8 Å². The van der Waals surface area contributed by atoms with Gasteiger partial charge >= 0.3 is 0 Å². The Morgan fingerprint density at radius 3 is 2.56 bits per heavy atom. The van der Waals surface area contributed by atoms with Crippen LogP contribution in [0.3, 0.4) is 0 Å². The molecule has 0 N–H and O–H groups in total. The fourth-order valence-corrected chi connectivity index (χ4v) is 2.61. The van der Waals surface area contributed by atoms with Gasteiger partial charge in [0.05, 0.1) is 6.10 Å². The molecule has 0 aromatic heterocycles. The van der Waals surface area contributed by atoms with Gasteiger partial charge < -0.3 is 9.47 Å². The maximum absolute atomic E-state index is 5.94. The van der Waals surface area contributed by atoms with Crippen LogP contribution in [0.25, 0.3) is 0 Å². The number of benzene rings is 1. The van der Waals surface area contributed by atoms with E-state index in [1.54, 1.807) is 0 Å². The Morgan fingerprint density at radius 1 is 1.28 bits per heavy atom. The van der Waals surface area contributed by atoms with Crippen molar-refractivity contribution in [3.8, 4) is 5.75 Å². The highest BCUT2D eigenvalue weighted by Crippen LogP contribution is 2.26. The predicted octanol–water partition coefficient (Wildman–Crippen LogP) is 3.99. The highest BCUT2D eigenvalue weighted by molar-refractivity contribution is 6.17. The second-order valence-electron chi connectivity index (χ2n) is 4.99. The van der Waals surface area contributed by atoms with Crippen molar-refractivity contribution in [1.29, 1.82) is 0 Å². The average molecular weight is 269 g/mol. The van der Waals surface area contributed by atoms with E-state index in [1.807, 2.05) is 0 Å². The molecule has 1 unspecified atom stereocenters. The first-order valence-corrected chi connectivity index (χ1v) is 7.14. The van der Waals surface area contributed by atoms with Crippen molar-refractivity contribution in [1.82, 2.24) is 0 Å². The summed E-state index contributed by atoms with van der Waals surface area (Å²) in [5, 5.41) is 0. The van der Waals surface area contributed by atoms with Crippen molar-refractivity contribution >= 4 is 11.6 Å². The third-order valence-corrected chi connectivity index (χ3v) is 3.67. The van der Waals surface area contributed by atoms with E-state index in [-0.39, 0.29) is 6.10 Å². The molecule has 1 atom stereocenters. The molecule has 1 aromatic rings. The Kier molecular flexibility index (Phi) is 4.90. The summed E-state index contributed by atoms with van der Waals surface area (Å²) in [6.45, 7) is 5.67. The molecule has 1 heterocycles. The molecule has 0 saturated carbocycles. The molecule has 1 saturated heterocycles. The smallest absolute Gasteiger partial charge is 0.125 e. The molecule has 0 aliphatic carbocycles. The van der Waals surface area contributed by atoms with Crippen LogP contribution in [0.5, 0.6) is 5.75 Å². The normalized spacial score (nSPS) is 19.8. The highest BCUT2D eigenvalue weighted by Gasteiger charge is 2.15. The summed E-state index contributed by atoms with van der Waals surface area (Å²) in [4.78, 5) is 0. The van der Waals surface area contributed by atoms with Crippen LogP contribution in [0.4, 0.5) is 0 Å². The van der Waals surface area contributed by atoms with Gasteiger partial charge in [-0.25, -0.2) is 0 Å². The second kappa shape index (κ2) is 6.44. The number of halogens is 1. The van der Waals surface area contributed by atoms with Crippen LogP contribution in [0.2, 0.25) is 0 Å². The van der Waals surface area contributed by atoms with E-state index >= 15 is 0 Å². The first kappa shape index (κ1) is 13.7. The molecule has 0 spiro atoms. The molecule has 1 aromatic carbocycles. The lowest BCUT2D eigenvalue weighted by Gasteiger charge is -2.23. The minimum Gasteiger partial charge on any atom is -0.490 e. The molecule has 100 valence electrons. The number of hydrogen-bond donors (Lipinski definition) is 0. The topological polar surface area (TPSA) is 18.5 Å². The summed E-state index contributed by atoms with van der Waals surface area (Å²) in [6.07, 6.45) is 3.79. The molecule has 0 radical (unpaired) electrons. The van der Waals surface area contributed by atoms with E-state index in [2.05, 4.69) is 26.0 Å². The largest absolute Gasteiger partial charge is 0.490 e. The van der Waals surface area contributed by atoms with Crippen LogP contribution in [0.1, 0.15) is 36.0 Å². The Hall–Kier alpha value is -0.730. The lowest BCUT2D eigenvalue weighted by molar-refractivity contribution is -0.0113. The average Bonchev–Trinajstić information content (AvgIpc) is 2.38. The molecule has 1 fully saturated rings. The molecule has 3 heteroatoms. The number of rotatable bonds is 4. The van der Waals surface area contributed by atoms with Gasteiger partial charge in [-0.05, 0) is 49.8 Å². The highest BCUT2D eigenvalue weighted by atomic mass is 35.5. The van der Waals surface area contributed by atoms with E-state index < -0.39 is 0 Å². The molecule has 2 nitrogen and oxygen atoms in total. The lowest BCUT2D eigenvalue weighted by Crippen LogP contribution is -2.26. The van der Waals surface area contributed by atoms with Crippen LogP contribution < -0.4 is 4.74 Å². The fourth-order valence-electron chi connectivity index (χ4n) is 2.46. The second-order valence-corrected chi connectivity index (χ2v) is 5.26. The van der Waals surface area contributed by atoms with Gasteiger partial charge in [-0.3, -0.25) is 0 Å². The van der Waals surface area contributed by atoms with Crippen molar-refractivity contribution < 1.29 is 9.47 Å². The van der Waals surface area contributed by atoms with Crippen molar-refractivity contribution in [2.45, 2.75) is 45.1 Å². The number of hydrogen-bond acceptors (Lipinski definition) is 2. The van der Waals surface area contributed by atoms with E-state index in [0.717, 1.165) is 35.5 Å². The molecule has 18 heavy (non-hydrogen) atoms. The lowest BCUT2D eigenvalue weighted by atomic mass is 10.1. The maximum Gasteiger partial charge on any atom is 0.125 e. The quantitative estimate of drug-likeness (QED) is 0.769. The maximum atomic E-state index is 5.94. The standard InChI is InChI=1S/C15H21ClO2/c1-11-7-13(9-16)8-12(2)15(11)18-10-14-5-3-4-6-17-14/h7-8,14H,3-6,9-10H2,1-2H3. The van der Waals surface area contributed by atoms with Gasteiger partial charge in [0.2, 0.25) is 0 Å². The SMILES string of the molecule is Cc1cc(CCl)cc(C)c1OCC1CCCCO1. The Labute approximate surface area is 114 Å². The minimum atomic E-state index is 0.255.